The normalized spacial score (nSPS) is 11.7. The van der Waals surface area contributed by atoms with E-state index >= 15 is 0 Å². The molecule has 144 valence electrons. The van der Waals surface area contributed by atoms with Gasteiger partial charge in [-0.05, 0) is 49.7 Å². The molecule has 3 aromatic rings. The molecule has 0 spiro atoms. The number of ether oxygens (including phenoxy) is 1. The Morgan fingerprint density at radius 2 is 1.68 bits per heavy atom. The number of benzene rings is 2. The lowest BCUT2D eigenvalue weighted by Gasteiger charge is -2.15. The zero-order valence-corrected chi connectivity index (χ0v) is 16.0. The zero-order valence-electron chi connectivity index (χ0n) is 16.0. The van der Waals surface area contributed by atoms with Crippen LogP contribution in [0.25, 0.3) is 5.69 Å². The van der Waals surface area contributed by atoms with Gasteiger partial charge in [0.25, 0.3) is 5.91 Å². The van der Waals surface area contributed by atoms with Crippen LogP contribution in [0.15, 0.2) is 60.7 Å². The van der Waals surface area contributed by atoms with E-state index in [9.17, 15) is 14.7 Å². The summed E-state index contributed by atoms with van der Waals surface area (Å²) in [7, 11) is 1.61. The first-order chi connectivity index (χ1) is 13.4. The molecule has 6 nitrogen and oxygen atoms in total. The van der Waals surface area contributed by atoms with Crippen LogP contribution in [0.5, 0.6) is 5.75 Å². The summed E-state index contributed by atoms with van der Waals surface area (Å²) in [6.07, 6.45) is 0. The van der Waals surface area contributed by atoms with E-state index in [-0.39, 0.29) is 0 Å². The number of carbonyl (C=O) groups is 2. The number of carboxylic acid groups (broad SMARTS) is 1. The highest BCUT2D eigenvalue weighted by molar-refractivity contribution is 5.98. The third-order valence-corrected chi connectivity index (χ3v) is 4.66. The Hall–Kier alpha value is -3.54. The maximum absolute atomic E-state index is 12.8. The molecule has 0 bridgehead atoms. The molecule has 0 aliphatic rings. The molecule has 0 aliphatic heterocycles. The van der Waals surface area contributed by atoms with Crippen LogP contribution in [-0.2, 0) is 4.79 Å². The second kappa shape index (κ2) is 8.00. The van der Waals surface area contributed by atoms with Gasteiger partial charge in [-0.2, -0.15) is 0 Å². The lowest BCUT2D eigenvalue weighted by atomic mass is 10.1. The number of aromatic nitrogens is 1. The number of rotatable bonds is 6. The van der Waals surface area contributed by atoms with Gasteiger partial charge < -0.3 is 19.7 Å². The molecule has 0 radical (unpaired) electrons. The first-order valence-corrected chi connectivity index (χ1v) is 8.84. The summed E-state index contributed by atoms with van der Waals surface area (Å²) in [6, 6.07) is 16.8. The summed E-state index contributed by atoms with van der Waals surface area (Å²) in [5.41, 5.74) is 3.47. The first kappa shape index (κ1) is 19.2. The summed E-state index contributed by atoms with van der Waals surface area (Å²) in [5, 5.41) is 12.2. The van der Waals surface area contributed by atoms with Crippen LogP contribution in [0.1, 0.15) is 33.4 Å². The predicted molar refractivity (Wildman–Crippen MR) is 106 cm³/mol. The molecule has 1 aromatic heterocycles. The van der Waals surface area contributed by atoms with E-state index in [0.29, 0.717) is 11.1 Å². The van der Waals surface area contributed by atoms with Crippen LogP contribution < -0.4 is 10.1 Å². The molecular weight excluding hydrogens is 356 g/mol. The highest BCUT2D eigenvalue weighted by Gasteiger charge is 2.25. The minimum Gasteiger partial charge on any atom is -0.497 e. The predicted octanol–water partition coefficient (Wildman–Crippen LogP) is 3.66. The van der Waals surface area contributed by atoms with Crippen molar-refractivity contribution in [2.45, 2.75) is 19.9 Å². The molecule has 6 heteroatoms. The molecule has 0 aliphatic carbocycles. The average molecular weight is 378 g/mol. The molecule has 0 saturated carbocycles. The van der Waals surface area contributed by atoms with E-state index in [4.69, 9.17) is 4.74 Å². The third-order valence-electron chi connectivity index (χ3n) is 4.66. The SMILES string of the molecule is COc1ccc(-n2c(C)cc(C(=O)NC(C(=O)O)c3ccccc3)c2C)cc1. The van der Waals surface area contributed by atoms with E-state index in [1.54, 1.807) is 43.5 Å². The van der Waals surface area contributed by atoms with E-state index < -0.39 is 17.9 Å². The molecule has 28 heavy (non-hydrogen) atoms. The highest BCUT2D eigenvalue weighted by Crippen LogP contribution is 2.23. The van der Waals surface area contributed by atoms with Crippen LogP contribution >= 0.6 is 0 Å². The number of methoxy groups -OCH3 is 1. The smallest absolute Gasteiger partial charge is 0.330 e. The summed E-state index contributed by atoms with van der Waals surface area (Å²) in [4.78, 5) is 24.5. The largest absolute Gasteiger partial charge is 0.497 e. The molecule has 1 atom stereocenters. The summed E-state index contributed by atoms with van der Waals surface area (Å²) >= 11 is 0. The van der Waals surface area contributed by atoms with Gasteiger partial charge in [-0.1, -0.05) is 30.3 Å². The van der Waals surface area contributed by atoms with E-state index in [2.05, 4.69) is 5.32 Å². The molecule has 1 amide bonds. The van der Waals surface area contributed by atoms with Crippen LogP contribution in [0, 0.1) is 13.8 Å². The monoisotopic (exact) mass is 378 g/mol. The van der Waals surface area contributed by atoms with Crippen molar-refractivity contribution in [2.24, 2.45) is 0 Å². The lowest BCUT2D eigenvalue weighted by Crippen LogP contribution is -2.34. The van der Waals surface area contributed by atoms with Crippen molar-refractivity contribution in [3.63, 3.8) is 0 Å². The van der Waals surface area contributed by atoms with Crippen molar-refractivity contribution >= 4 is 11.9 Å². The van der Waals surface area contributed by atoms with Crippen molar-refractivity contribution in [1.29, 1.82) is 0 Å². The Labute approximate surface area is 163 Å². The lowest BCUT2D eigenvalue weighted by molar-refractivity contribution is -0.139. The van der Waals surface area contributed by atoms with Crippen molar-refractivity contribution in [1.82, 2.24) is 9.88 Å². The number of nitrogens with zero attached hydrogens (tertiary/aromatic N) is 1. The van der Waals surface area contributed by atoms with Crippen molar-refractivity contribution in [3.8, 4) is 11.4 Å². The Bertz CT molecular complexity index is 991. The standard InChI is InChI=1S/C22H22N2O4/c1-14-13-19(15(2)24(14)17-9-11-18(28-3)12-10-17)21(25)23-20(22(26)27)16-7-5-4-6-8-16/h4-13,20H,1-3H3,(H,23,25)(H,26,27). The van der Waals surface area contributed by atoms with Gasteiger partial charge >= 0.3 is 5.97 Å². The van der Waals surface area contributed by atoms with Gasteiger partial charge in [0.2, 0.25) is 0 Å². The fraction of sp³-hybridized carbons (Fsp3) is 0.182. The van der Waals surface area contributed by atoms with E-state index in [0.717, 1.165) is 22.8 Å². The Kier molecular flexibility index (Phi) is 5.49. The quantitative estimate of drug-likeness (QED) is 0.686. The van der Waals surface area contributed by atoms with Crippen LogP contribution in [0.2, 0.25) is 0 Å². The summed E-state index contributed by atoms with van der Waals surface area (Å²) < 4.78 is 7.14. The number of hydrogen-bond donors (Lipinski definition) is 2. The van der Waals surface area contributed by atoms with Crippen LogP contribution in [0.4, 0.5) is 0 Å². The molecular formula is C22H22N2O4. The number of amides is 1. The van der Waals surface area contributed by atoms with E-state index in [1.807, 2.05) is 42.7 Å². The number of aliphatic carboxylic acids is 1. The molecule has 1 heterocycles. The highest BCUT2D eigenvalue weighted by atomic mass is 16.5. The van der Waals surface area contributed by atoms with Gasteiger partial charge in [0, 0.05) is 17.1 Å². The molecule has 1 unspecified atom stereocenters. The summed E-state index contributed by atoms with van der Waals surface area (Å²) in [5.74, 6) is -0.788. The molecule has 0 saturated heterocycles. The van der Waals surface area contributed by atoms with Crippen LogP contribution in [-0.4, -0.2) is 28.7 Å². The Morgan fingerprint density at radius 3 is 2.25 bits per heavy atom. The first-order valence-electron chi connectivity index (χ1n) is 8.84. The summed E-state index contributed by atoms with van der Waals surface area (Å²) in [6.45, 7) is 3.74. The minimum absolute atomic E-state index is 0.427. The number of hydrogen-bond acceptors (Lipinski definition) is 3. The van der Waals surface area contributed by atoms with E-state index in [1.165, 1.54) is 0 Å². The molecule has 2 N–H and O–H groups in total. The molecule has 2 aromatic carbocycles. The third kappa shape index (κ3) is 3.76. The molecule has 0 fully saturated rings. The number of aryl methyl sites for hydroxylation is 1. The Morgan fingerprint density at radius 1 is 1.04 bits per heavy atom. The van der Waals surface area contributed by atoms with Gasteiger partial charge in [0.1, 0.15) is 5.75 Å². The number of carboxylic acids is 1. The molecule has 3 rings (SSSR count). The zero-order chi connectivity index (χ0) is 20.3. The van der Waals surface area contributed by atoms with Crippen molar-refractivity contribution < 1.29 is 19.4 Å². The van der Waals surface area contributed by atoms with Crippen molar-refractivity contribution in [3.05, 3.63) is 83.2 Å². The van der Waals surface area contributed by atoms with Gasteiger partial charge in [-0.15, -0.1) is 0 Å². The van der Waals surface area contributed by atoms with Gasteiger partial charge in [-0.3, -0.25) is 4.79 Å². The fourth-order valence-electron chi connectivity index (χ4n) is 3.26. The second-order valence-electron chi connectivity index (χ2n) is 6.47. The fourth-order valence-corrected chi connectivity index (χ4v) is 3.26. The number of carbonyl (C=O) groups excluding carboxylic acids is 1. The van der Waals surface area contributed by atoms with Crippen LogP contribution in [0.3, 0.4) is 0 Å². The minimum atomic E-state index is -1.11. The van der Waals surface area contributed by atoms with Crippen molar-refractivity contribution in [2.75, 3.05) is 7.11 Å². The Balaban J connectivity index is 1.91. The second-order valence-corrected chi connectivity index (χ2v) is 6.47. The topological polar surface area (TPSA) is 80.6 Å². The maximum Gasteiger partial charge on any atom is 0.330 e. The number of nitrogens with one attached hydrogen (secondary N) is 1. The van der Waals surface area contributed by atoms with Gasteiger partial charge in [0.05, 0.1) is 12.7 Å². The van der Waals surface area contributed by atoms with Gasteiger partial charge in [0.15, 0.2) is 6.04 Å². The average Bonchev–Trinajstić information content (AvgIpc) is 3.00. The van der Waals surface area contributed by atoms with Gasteiger partial charge in [-0.25, -0.2) is 4.79 Å². The maximum atomic E-state index is 12.8.